The van der Waals surface area contributed by atoms with Crippen LogP contribution in [0.1, 0.15) is 16.7 Å². The van der Waals surface area contributed by atoms with E-state index in [2.05, 4.69) is 0 Å². The number of non-ortho nitro benzene ring substituents is 1. The molecule has 0 spiro atoms. The number of rotatable bonds is 5. The van der Waals surface area contributed by atoms with Crippen LogP contribution in [-0.4, -0.2) is 17.7 Å². The molecule has 0 saturated heterocycles. The summed E-state index contributed by atoms with van der Waals surface area (Å²) in [7, 11) is 0. The van der Waals surface area contributed by atoms with Crippen molar-refractivity contribution in [2.45, 2.75) is 13.2 Å². The van der Waals surface area contributed by atoms with Crippen LogP contribution in [0.3, 0.4) is 0 Å². The van der Waals surface area contributed by atoms with Crippen LogP contribution in [0.25, 0.3) is 6.08 Å². The zero-order valence-corrected chi connectivity index (χ0v) is 14.3. The highest BCUT2D eigenvalue weighted by molar-refractivity contribution is 6.30. The fourth-order valence-electron chi connectivity index (χ4n) is 2.43. The van der Waals surface area contributed by atoms with Gasteiger partial charge >= 0.3 is 5.97 Å². The largest absolute Gasteiger partial charge is 0.467 e. The lowest BCUT2D eigenvalue weighted by molar-refractivity contribution is -0.385. The fourth-order valence-corrected chi connectivity index (χ4v) is 2.55. The van der Waals surface area contributed by atoms with Crippen molar-refractivity contribution in [2.75, 3.05) is 6.79 Å². The fraction of sp³-hybridized carbons (Fsp3) is 0.167. The van der Waals surface area contributed by atoms with Crippen molar-refractivity contribution in [3.63, 3.8) is 0 Å². The third-order valence-electron chi connectivity index (χ3n) is 3.63. The van der Waals surface area contributed by atoms with Crippen LogP contribution in [-0.2, 0) is 27.5 Å². The van der Waals surface area contributed by atoms with Gasteiger partial charge in [0, 0.05) is 34.4 Å². The van der Waals surface area contributed by atoms with Gasteiger partial charge in [-0.3, -0.25) is 10.1 Å². The smallest absolute Gasteiger partial charge is 0.331 e. The van der Waals surface area contributed by atoms with E-state index in [1.807, 2.05) is 0 Å². The number of nitrogens with zero attached hydrogens (tertiary/aromatic N) is 1. The quantitative estimate of drug-likeness (QED) is 0.341. The number of carbonyl (C=O) groups excluding carboxylic acids is 1. The molecule has 0 amide bonds. The van der Waals surface area contributed by atoms with Crippen LogP contribution in [0.4, 0.5) is 5.69 Å². The molecule has 1 aliphatic heterocycles. The molecule has 0 N–H and O–H groups in total. The number of nitro groups is 1. The Morgan fingerprint density at radius 1 is 1.31 bits per heavy atom. The molecule has 2 aromatic rings. The Morgan fingerprint density at radius 2 is 2.08 bits per heavy atom. The average Bonchev–Trinajstić information content (AvgIpc) is 2.65. The van der Waals surface area contributed by atoms with Gasteiger partial charge in [-0.2, -0.15) is 0 Å². The highest BCUT2D eigenvalue weighted by atomic mass is 35.5. The normalized spacial score (nSPS) is 13.1. The second-order valence-corrected chi connectivity index (χ2v) is 5.89. The molecule has 0 bridgehead atoms. The molecule has 0 saturated carbocycles. The van der Waals surface area contributed by atoms with E-state index in [0.717, 1.165) is 5.56 Å². The van der Waals surface area contributed by atoms with Gasteiger partial charge in [-0.1, -0.05) is 23.7 Å². The zero-order valence-electron chi connectivity index (χ0n) is 13.5. The molecule has 0 atom stereocenters. The van der Waals surface area contributed by atoms with Gasteiger partial charge < -0.3 is 14.2 Å². The Hall–Kier alpha value is -2.90. The molecule has 134 valence electrons. The molecule has 0 radical (unpaired) electrons. The van der Waals surface area contributed by atoms with Gasteiger partial charge in [-0.25, -0.2) is 4.79 Å². The van der Waals surface area contributed by atoms with Crippen LogP contribution in [0.15, 0.2) is 42.5 Å². The van der Waals surface area contributed by atoms with Gasteiger partial charge in [0.15, 0.2) is 6.79 Å². The second kappa shape index (κ2) is 7.99. The van der Waals surface area contributed by atoms with Crippen LogP contribution in [0, 0.1) is 10.1 Å². The first kappa shape index (κ1) is 17.9. The predicted octanol–water partition coefficient (Wildman–Crippen LogP) is 3.87. The highest BCUT2D eigenvalue weighted by Gasteiger charge is 2.21. The lowest BCUT2D eigenvalue weighted by Gasteiger charge is -2.20. The van der Waals surface area contributed by atoms with Gasteiger partial charge in [0.05, 0.1) is 11.5 Å². The van der Waals surface area contributed by atoms with E-state index >= 15 is 0 Å². The molecular formula is C18H14ClNO6. The summed E-state index contributed by atoms with van der Waals surface area (Å²) < 4.78 is 15.7. The van der Waals surface area contributed by atoms with Crippen molar-refractivity contribution in [3.8, 4) is 5.75 Å². The van der Waals surface area contributed by atoms with E-state index in [-0.39, 0.29) is 25.7 Å². The third kappa shape index (κ3) is 4.38. The van der Waals surface area contributed by atoms with Crippen molar-refractivity contribution >= 4 is 29.3 Å². The average molecular weight is 376 g/mol. The monoisotopic (exact) mass is 375 g/mol. The Kier molecular flexibility index (Phi) is 5.50. The number of ether oxygens (including phenoxy) is 3. The van der Waals surface area contributed by atoms with E-state index in [1.54, 1.807) is 30.3 Å². The molecule has 0 aliphatic carbocycles. The van der Waals surface area contributed by atoms with Crippen molar-refractivity contribution in [3.05, 3.63) is 74.3 Å². The number of hydrogen-bond acceptors (Lipinski definition) is 6. The number of hydrogen-bond donors (Lipinski definition) is 0. The summed E-state index contributed by atoms with van der Waals surface area (Å²) in [6.07, 6.45) is 2.86. The molecule has 8 heteroatoms. The van der Waals surface area contributed by atoms with Gasteiger partial charge in [-0.05, 0) is 23.8 Å². The molecule has 0 unspecified atom stereocenters. The lowest BCUT2D eigenvalue weighted by atomic mass is 10.1. The topological polar surface area (TPSA) is 87.9 Å². The summed E-state index contributed by atoms with van der Waals surface area (Å²) in [6, 6.07) is 9.66. The molecule has 1 aliphatic rings. The van der Waals surface area contributed by atoms with Crippen molar-refractivity contribution in [1.29, 1.82) is 0 Å². The number of esters is 1. The standard InChI is InChI=1S/C18H14ClNO6/c19-15-4-1-12(2-5-15)3-6-17(21)25-10-14-8-16(20(22)23)7-13-9-24-11-26-18(13)14/h1-8H,9-11H2/b6-3+. The molecule has 26 heavy (non-hydrogen) atoms. The number of nitro benzene ring substituents is 1. The Balaban J connectivity index is 1.70. The maximum atomic E-state index is 11.9. The van der Waals surface area contributed by atoms with Crippen LogP contribution in [0.5, 0.6) is 5.75 Å². The van der Waals surface area contributed by atoms with Gasteiger partial charge in [-0.15, -0.1) is 0 Å². The van der Waals surface area contributed by atoms with Crippen LogP contribution < -0.4 is 4.74 Å². The summed E-state index contributed by atoms with van der Waals surface area (Å²) >= 11 is 5.80. The summed E-state index contributed by atoms with van der Waals surface area (Å²) in [5.41, 5.74) is 1.65. The van der Waals surface area contributed by atoms with Crippen molar-refractivity contribution in [1.82, 2.24) is 0 Å². The second-order valence-electron chi connectivity index (χ2n) is 5.45. The minimum absolute atomic E-state index is 0.0439. The highest BCUT2D eigenvalue weighted by Crippen LogP contribution is 2.33. The van der Waals surface area contributed by atoms with Crippen molar-refractivity contribution < 1.29 is 23.9 Å². The van der Waals surface area contributed by atoms with E-state index in [1.165, 1.54) is 18.2 Å². The first-order valence-corrected chi connectivity index (χ1v) is 8.02. The summed E-state index contributed by atoms with van der Waals surface area (Å²) in [5.74, 6) is -0.122. The number of carbonyl (C=O) groups is 1. The lowest BCUT2D eigenvalue weighted by Crippen LogP contribution is -2.14. The van der Waals surface area contributed by atoms with E-state index in [9.17, 15) is 14.9 Å². The summed E-state index contributed by atoms with van der Waals surface area (Å²) in [5, 5.41) is 11.7. The summed E-state index contributed by atoms with van der Waals surface area (Å²) in [6.45, 7) is 0.102. The van der Waals surface area contributed by atoms with Gasteiger partial charge in [0.2, 0.25) is 0 Å². The minimum Gasteiger partial charge on any atom is -0.467 e. The summed E-state index contributed by atoms with van der Waals surface area (Å²) in [4.78, 5) is 22.5. The first-order valence-electron chi connectivity index (χ1n) is 7.64. The molecule has 7 nitrogen and oxygen atoms in total. The maximum absolute atomic E-state index is 11.9. The van der Waals surface area contributed by atoms with Gasteiger partial charge in [0.25, 0.3) is 5.69 Å². The van der Waals surface area contributed by atoms with Gasteiger partial charge in [0.1, 0.15) is 12.4 Å². The van der Waals surface area contributed by atoms with E-state index in [4.69, 9.17) is 25.8 Å². The van der Waals surface area contributed by atoms with E-state index in [0.29, 0.717) is 21.9 Å². The third-order valence-corrected chi connectivity index (χ3v) is 3.89. The number of benzene rings is 2. The molecule has 1 heterocycles. The number of halogens is 1. The Bertz CT molecular complexity index is 863. The molecule has 3 rings (SSSR count). The molecule has 2 aromatic carbocycles. The first-order chi connectivity index (χ1) is 12.5. The molecular weight excluding hydrogens is 362 g/mol. The zero-order chi connectivity index (χ0) is 18.5. The molecule has 0 fully saturated rings. The Morgan fingerprint density at radius 3 is 2.81 bits per heavy atom. The van der Waals surface area contributed by atoms with Crippen LogP contribution >= 0.6 is 11.6 Å². The molecule has 0 aromatic heterocycles. The van der Waals surface area contributed by atoms with E-state index < -0.39 is 10.9 Å². The van der Waals surface area contributed by atoms with Crippen LogP contribution in [0.2, 0.25) is 5.02 Å². The predicted molar refractivity (Wildman–Crippen MR) is 93.7 cm³/mol. The Labute approximate surface area is 153 Å². The van der Waals surface area contributed by atoms with Crippen molar-refractivity contribution in [2.24, 2.45) is 0 Å². The number of fused-ring (bicyclic) bond motifs is 1. The SMILES string of the molecule is O=C(/C=C/c1ccc(Cl)cc1)OCc1cc([N+](=O)[O-])cc2c1OCOC2. The minimum atomic E-state index is -0.577. The maximum Gasteiger partial charge on any atom is 0.331 e.